The Bertz CT molecular complexity index is 1060. The summed E-state index contributed by atoms with van der Waals surface area (Å²) in [5.74, 6) is -0.296. The second-order valence-electron chi connectivity index (χ2n) is 6.76. The van der Waals surface area contributed by atoms with Gasteiger partial charge in [-0.15, -0.1) is 0 Å². The molecular weight excluding hydrogens is 368 g/mol. The first kappa shape index (κ1) is 18.3. The van der Waals surface area contributed by atoms with E-state index in [9.17, 15) is 9.59 Å². The van der Waals surface area contributed by atoms with Crippen molar-refractivity contribution in [3.8, 4) is 0 Å². The van der Waals surface area contributed by atoms with Gasteiger partial charge in [-0.05, 0) is 49.2 Å². The van der Waals surface area contributed by atoms with E-state index in [1.807, 2.05) is 36.4 Å². The maximum atomic E-state index is 12.5. The van der Waals surface area contributed by atoms with E-state index >= 15 is 0 Å². The van der Waals surface area contributed by atoms with Crippen LogP contribution in [0.15, 0.2) is 76.5 Å². The van der Waals surface area contributed by atoms with Gasteiger partial charge in [0.25, 0.3) is 11.8 Å². The van der Waals surface area contributed by atoms with Crippen LogP contribution in [0, 0.1) is 6.92 Å². The number of hydrogen-bond acceptors (Lipinski definition) is 3. The van der Waals surface area contributed by atoms with E-state index in [-0.39, 0.29) is 11.8 Å². The molecule has 0 spiro atoms. The van der Waals surface area contributed by atoms with Crippen LogP contribution in [0.25, 0.3) is 0 Å². The molecule has 2 N–H and O–H groups in total. The summed E-state index contributed by atoms with van der Waals surface area (Å²) < 4.78 is 0. The smallest absolute Gasteiger partial charge is 0.256 e. The van der Waals surface area contributed by atoms with Crippen LogP contribution in [-0.4, -0.2) is 18.4 Å². The maximum absolute atomic E-state index is 12.5. The molecule has 0 aliphatic carbocycles. The molecule has 140 valence electrons. The molecule has 0 saturated heterocycles. The number of benzene rings is 3. The summed E-state index contributed by atoms with van der Waals surface area (Å²) in [5, 5.41) is 5.88. The third kappa shape index (κ3) is 3.94. The van der Waals surface area contributed by atoms with Gasteiger partial charge in [-0.25, -0.2) is 0 Å². The second-order valence-corrected chi connectivity index (χ2v) is 7.84. The number of carbonyl (C=O) groups excluding carboxylic acids is 2. The minimum absolute atomic E-state index is 0.142. The molecule has 1 aliphatic rings. The lowest BCUT2D eigenvalue weighted by molar-refractivity contribution is 0.0952. The quantitative estimate of drug-likeness (QED) is 0.682. The van der Waals surface area contributed by atoms with Crippen LogP contribution in [0.2, 0.25) is 0 Å². The minimum atomic E-state index is -0.154. The van der Waals surface area contributed by atoms with Crippen molar-refractivity contribution in [2.45, 2.75) is 23.1 Å². The van der Waals surface area contributed by atoms with Gasteiger partial charge < -0.3 is 10.6 Å². The largest absolute Gasteiger partial charge is 0.352 e. The van der Waals surface area contributed by atoms with Gasteiger partial charge >= 0.3 is 0 Å². The van der Waals surface area contributed by atoms with Crippen LogP contribution < -0.4 is 10.6 Å². The van der Waals surface area contributed by atoms with E-state index in [0.29, 0.717) is 23.4 Å². The van der Waals surface area contributed by atoms with E-state index in [0.717, 1.165) is 16.2 Å². The van der Waals surface area contributed by atoms with Crippen molar-refractivity contribution in [2.24, 2.45) is 0 Å². The van der Waals surface area contributed by atoms with Gasteiger partial charge in [0, 0.05) is 21.9 Å². The summed E-state index contributed by atoms with van der Waals surface area (Å²) in [6, 6.07) is 21.2. The van der Waals surface area contributed by atoms with Gasteiger partial charge in [-0.1, -0.05) is 53.7 Å². The van der Waals surface area contributed by atoms with Crippen LogP contribution in [0.5, 0.6) is 0 Å². The molecule has 5 heteroatoms. The van der Waals surface area contributed by atoms with Crippen molar-refractivity contribution < 1.29 is 9.59 Å². The van der Waals surface area contributed by atoms with Gasteiger partial charge in [0.15, 0.2) is 0 Å². The number of anilines is 1. The van der Waals surface area contributed by atoms with Crippen LogP contribution in [0.3, 0.4) is 0 Å². The lowest BCUT2D eigenvalue weighted by atomic mass is 10.1. The van der Waals surface area contributed by atoms with Gasteiger partial charge in [-0.3, -0.25) is 9.59 Å². The Labute approximate surface area is 168 Å². The van der Waals surface area contributed by atoms with Gasteiger partial charge in [-0.2, -0.15) is 0 Å². The summed E-state index contributed by atoms with van der Waals surface area (Å²) in [4.78, 5) is 26.9. The van der Waals surface area contributed by atoms with E-state index < -0.39 is 0 Å². The molecule has 0 saturated carbocycles. The number of nitrogens with one attached hydrogen (secondary N) is 2. The Kier molecular flexibility index (Phi) is 5.17. The zero-order valence-electron chi connectivity index (χ0n) is 15.5. The number of hydrogen-bond donors (Lipinski definition) is 2. The summed E-state index contributed by atoms with van der Waals surface area (Å²) in [7, 11) is 0. The fourth-order valence-electron chi connectivity index (χ4n) is 3.20. The molecule has 28 heavy (non-hydrogen) atoms. The number of aryl methyl sites for hydroxylation is 1. The van der Waals surface area contributed by atoms with Crippen molar-refractivity contribution in [1.29, 1.82) is 0 Å². The fourth-order valence-corrected chi connectivity index (χ4v) is 4.21. The molecule has 0 bridgehead atoms. The van der Waals surface area contributed by atoms with E-state index in [1.165, 1.54) is 22.9 Å². The van der Waals surface area contributed by atoms with Gasteiger partial charge in [0.2, 0.25) is 0 Å². The van der Waals surface area contributed by atoms with E-state index in [2.05, 4.69) is 35.8 Å². The van der Waals surface area contributed by atoms with Crippen molar-refractivity contribution >= 4 is 29.3 Å². The third-order valence-electron chi connectivity index (χ3n) is 4.62. The summed E-state index contributed by atoms with van der Waals surface area (Å²) in [6.07, 6.45) is 0.778. The highest BCUT2D eigenvalue weighted by atomic mass is 32.2. The number of rotatable bonds is 4. The molecule has 4 rings (SSSR count). The van der Waals surface area contributed by atoms with Gasteiger partial charge in [0.1, 0.15) is 0 Å². The zero-order valence-corrected chi connectivity index (χ0v) is 16.3. The molecular formula is C23H20N2O2S. The predicted octanol–water partition coefficient (Wildman–Crippen LogP) is 4.68. The first-order chi connectivity index (χ1) is 13.6. The Morgan fingerprint density at radius 3 is 2.71 bits per heavy atom. The average Bonchev–Trinajstić information content (AvgIpc) is 2.83. The summed E-state index contributed by atoms with van der Waals surface area (Å²) >= 11 is 1.53. The van der Waals surface area contributed by atoms with Crippen LogP contribution in [0.4, 0.5) is 5.69 Å². The average molecular weight is 388 g/mol. The highest BCUT2D eigenvalue weighted by Crippen LogP contribution is 2.38. The molecule has 0 atom stereocenters. The predicted molar refractivity (Wildman–Crippen MR) is 112 cm³/mol. The van der Waals surface area contributed by atoms with Gasteiger partial charge in [0.05, 0.1) is 11.3 Å². The zero-order chi connectivity index (χ0) is 19.5. The third-order valence-corrected chi connectivity index (χ3v) is 5.78. The molecule has 0 fully saturated rings. The molecule has 0 unspecified atom stereocenters. The summed E-state index contributed by atoms with van der Waals surface area (Å²) in [5.41, 5.74) is 4.26. The highest BCUT2D eigenvalue weighted by Gasteiger charge is 2.20. The normalized spacial score (nSPS) is 12.4. The number of amides is 2. The Morgan fingerprint density at radius 2 is 1.86 bits per heavy atom. The Hall–Kier alpha value is -3.05. The molecule has 3 aromatic rings. The maximum Gasteiger partial charge on any atom is 0.256 e. The SMILES string of the molecule is Cc1cccc(CCNC(=O)c2ccc3c(c2)NC(=O)c2ccccc2S3)c1. The number of fused-ring (bicyclic) bond motifs is 2. The lowest BCUT2D eigenvalue weighted by Crippen LogP contribution is -2.25. The van der Waals surface area contributed by atoms with E-state index in [4.69, 9.17) is 0 Å². The van der Waals surface area contributed by atoms with Crippen molar-refractivity contribution in [3.05, 3.63) is 89.0 Å². The van der Waals surface area contributed by atoms with Crippen molar-refractivity contribution in [3.63, 3.8) is 0 Å². The molecule has 3 aromatic carbocycles. The monoisotopic (exact) mass is 388 g/mol. The molecule has 4 nitrogen and oxygen atoms in total. The van der Waals surface area contributed by atoms with Crippen molar-refractivity contribution in [2.75, 3.05) is 11.9 Å². The second kappa shape index (κ2) is 7.90. The van der Waals surface area contributed by atoms with Crippen LogP contribution in [0.1, 0.15) is 31.8 Å². The minimum Gasteiger partial charge on any atom is -0.352 e. The molecule has 2 amide bonds. The molecule has 0 radical (unpaired) electrons. The first-order valence-electron chi connectivity index (χ1n) is 9.16. The highest BCUT2D eigenvalue weighted by molar-refractivity contribution is 7.99. The molecule has 1 heterocycles. The molecule has 0 aromatic heterocycles. The standard InChI is InChI=1S/C23H20N2O2S/c1-15-5-4-6-16(13-15)11-12-24-22(26)17-9-10-21-19(14-17)25-23(27)18-7-2-3-8-20(18)28-21/h2-10,13-14H,11-12H2,1H3,(H,24,26)(H,25,27). The summed E-state index contributed by atoms with van der Waals surface area (Å²) in [6.45, 7) is 2.62. The topological polar surface area (TPSA) is 58.2 Å². The van der Waals surface area contributed by atoms with E-state index in [1.54, 1.807) is 12.1 Å². The Morgan fingerprint density at radius 1 is 1.00 bits per heavy atom. The lowest BCUT2D eigenvalue weighted by Gasteiger charge is -2.10. The van der Waals surface area contributed by atoms with Crippen LogP contribution >= 0.6 is 11.8 Å². The first-order valence-corrected chi connectivity index (χ1v) is 9.98. The number of carbonyl (C=O) groups is 2. The van der Waals surface area contributed by atoms with Crippen LogP contribution in [-0.2, 0) is 6.42 Å². The molecule has 1 aliphatic heterocycles. The fraction of sp³-hybridized carbons (Fsp3) is 0.130. The Balaban J connectivity index is 1.46. The van der Waals surface area contributed by atoms with Crippen molar-refractivity contribution in [1.82, 2.24) is 5.32 Å².